The lowest BCUT2D eigenvalue weighted by atomic mass is 9.99. The van der Waals surface area contributed by atoms with E-state index in [0.717, 1.165) is 0 Å². The molecule has 0 radical (unpaired) electrons. The standard InChI is InChI=1S/C10H8BrF2NO3/c11-5-1-2-6(7(15)3-5)8-10(12,13)4-17-9(16)14-8/h1-3,8,15H,4H2,(H,14,16)/t8-/m0/s1. The van der Waals surface area contributed by atoms with Gasteiger partial charge in [-0.15, -0.1) is 0 Å². The van der Waals surface area contributed by atoms with Gasteiger partial charge in [0.25, 0.3) is 0 Å². The molecule has 0 unspecified atom stereocenters. The number of hydrogen-bond acceptors (Lipinski definition) is 3. The van der Waals surface area contributed by atoms with E-state index in [1.165, 1.54) is 18.2 Å². The average molecular weight is 308 g/mol. The molecule has 0 bridgehead atoms. The van der Waals surface area contributed by atoms with Gasteiger partial charge in [0, 0.05) is 10.0 Å². The quantitative estimate of drug-likeness (QED) is 0.838. The van der Waals surface area contributed by atoms with Crippen molar-refractivity contribution in [2.24, 2.45) is 0 Å². The van der Waals surface area contributed by atoms with Gasteiger partial charge in [0.15, 0.2) is 6.61 Å². The van der Waals surface area contributed by atoms with Gasteiger partial charge in [-0.1, -0.05) is 22.0 Å². The number of ether oxygens (including phenoxy) is 1. The van der Waals surface area contributed by atoms with Gasteiger partial charge in [0.2, 0.25) is 0 Å². The summed E-state index contributed by atoms with van der Waals surface area (Å²) in [5, 5.41) is 11.6. The molecule has 1 aliphatic heterocycles. The number of aromatic hydroxyl groups is 1. The third-order valence-corrected chi connectivity index (χ3v) is 2.88. The lowest BCUT2D eigenvalue weighted by molar-refractivity contribution is -0.104. The Morgan fingerprint density at radius 2 is 2.24 bits per heavy atom. The molecule has 17 heavy (non-hydrogen) atoms. The van der Waals surface area contributed by atoms with Crippen molar-refractivity contribution >= 4 is 22.0 Å². The molecule has 2 rings (SSSR count). The van der Waals surface area contributed by atoms with Gasteiger partial charge < -0.3 is 15.2 Å². The molecule has 0 saturated carbocycles. The Bertz CT molecular complexity index is 467. The van der Waals surface area contributed by atoms with Crippen molar-refractivity contribution in [1.82, 2.24) is 5.32 Å². The Labute approximate surface area is 104 Å². The third kappa shape index (κ3) is 2.33. The monoisotopic (exact) mass is 307 g/mol. The highest BCUT2D eigenvalue weighted by Gasteiger charge is 2.47. The van der Waals surface area contributed by atoms with Crippen LogP contribution in [0.2, 0.25) is 0 Å². The summed E-state index contributed by atoms with van der Waals surface area (Å²) >= 11 is 3.10. The molecular formula is C10H8BrF2NO3. The number of hydrogen-bond donors (Lipinski definition) is 2. The van der Waals surface area contributed by atoms with Gasteiger partial charge in [0.05, 0.1) is 0 Å². The topological polar surface area (TPSA) is 58.6 Å². The Balaban J connectivity index is 2.39. The van der Waals surface area contributed by atoms with Crippen LogP contribution in [0.3, 0.4) is 0 Å². The molecule has 92 valence electrons. The van der Waals surface area contributed by atoms with Crippen molar-refractivity contribution in [1.29, 1.82) is 0 Å². The maximum absolute atomic E-state index is 13.5. The Hall–Kier alpha value is -1.37. The summed E-state index contributed by atoms with van der Waals surface area (Å²) in [6.07, 6.45) is -0.928. The summed E-state index contributed by atoms with van der Waals surface area (Å²) in [6.45, 7) is -1.00. The highest BCUT2D eigenvalue weighted by atomic mass is 79.9. The molecule has 1 fully saturated rings. The van der Waals surface area contributed by atoms with E-state index in [4.69, 9.17) is 0 Å². The highest BCUT2D eigenvalue weighted by Crippen LogP contribution is 2.38. The van der Waals surface area contributed by atoms with E-state index >= 15 is 0 Å². The molecule has 1 saturated heterocycles. The van der Waals surface area contributed by atoms with E-state index < -0.39 is 24.7 Å². The van der Waals surface area contributed by atoms with E-state index in [0.29, 0.717) is 4.47 Å². The van der Waals surface area contributed by atoms with E-state index in [1.54, 1.807) is 0 Å². The van der Waals surface area contributed by atoms with Crippen LogP contribution in [0.15, 0.2) is 22.7 Å². The van der Waals surface area contributed by atoms with Crippen LogP contribution in [0.25, 0.3) is 0 Å². The van der Waals surface area contributed by atoms with E-state index in [1.807, 2.05) is 5.32 Å². The number of phenolic OH excluding ortho intramolecular Hbond substituents is 1. The molecule has 4 nitrogen and oxygen atoms in total. The van der Waals surface area contributed by atoms with Crippen LogP contribution in [0.4, 0.5) is 13.6 Å². The van der Waals surface area contributed by atoms with Gasteiger partial charge >= 0.3 is 12.0 Å². The van der Waals surface area contributed by atoms with Gasteiger partial charge in [-0.25, -0.2) is 13.6 Å². The summed E-state index contributed by atoms with van der Waals surface area (Å²) < 4.78 is 31.9. The van der Waals surface area contributed by atoms with Crippen molar-refractivity contribution in [3.8, 4) is 5.75 Å². The minimum atomic E-state index is -3.26. The molecular weight excluding hydrogens is 300 g/mol. The molecule has 1 atom stereocenters. The third-order valence-electron chi connectivity index (χ3n) is 2.38. The van der Waals surface area contributed by atoms with Crippen molar-refractivity contribution in [3.63, 3.8) is 0 Å². The zero-order valence-corrected chi connectivity index (χ0v) is 10.0. The average Bonchev–Trinajstić information content (AvgIpc) is 2.23. The number of cyclic esters (lactones) is 1. The lowest BCUT2D eigenvalue weighted by Gasteiger charge is -2.32. The lowest BCUT2D eigenvalue weighted by Crippen LogP contribution is -2.49. The molecule has 1 aromatic carbocycles. The summed E-state index contributed by atoms with van der Waals surface area (Å²) in [5.74, 6) is -3.58. The molecule has 1 amide bonds. The summed E-state index contributed by atoms with van der Waals surface area (Å²) in [5.41, 5.74) is -0.0464. The van der Waals surface area contributed by atoms with Crippen LogP contribution in [-0.4, -0.2) is 23.7 Å². The van der Waals surface area contributed by atoms with Crippen LogP contribution in [-0.2, 0) is 4.74 Å². The largest absolute Gasteiger partial charge is 0.508 e. The first kappa shape index (κ1) is 12.1. The molecule has 0 aromatic heterocycles. The molecule has 1 aromatic rings. The van der Waals surface area contributed by atoms with E-state index in [2.05, 4.69) is 20.7 Å². The zero-order chi connectivity index (χ0) is 12.6. The Morgan fingerprint density at radius 1 is 1.53 bits per heavy atom. The number of nitrogens with one attached hydrogen (secondary N) is 1. The maximum atomic E-state index is 13.5. The van der Waals surface area contributed by atoms with E-state index in [9.17, 15) is 18.7 Å². The van der Waals surface area contributed by atoms with Gasteiger partial charge in [0.1, 0.15) is 11.8 Å². The van der Waals surface area contributed by atoms with Crippen molar-refractivity contribution in [3.05, 3.63) is 28.2 Å². The minimum Gasteiger partial charge on any atom is -0.508 e. The zero-order valence-electron chi connectivity index (χ0n) is 8.41. The first-order chi connectivity index (χ1) is 7.90. The molecule has 1 aliphatic rings. The number of alkyl carbamates (subject to hydrolysis) is 1. The number of carbonyl (C=O) groups is 1. The second kappa shape index (κ2) is 4.14. The Morgan fingerprint density at radius 3 is 2.88 bits per heavy atom. The first-order valence-electron chi connectivity index (χ1n) is 4.70. The fourth-order valence-electron chi connectivity index (χ4n) is 1.58. The van der Waals surface area contributed by atoms with Crippen LogP contribution in [0.5, 0.6) is 5.75 Å². The number of amides is 1. The van der Waals surface area contributed by atoms with Gasteiger partial charge in [-0.3, -0.25) is 0 Å². The fraction of sp³-hybridized carbons (Fsp3) is 0.300. The predicted octanol–water partition coefficient (Wildman–Crippen LogP) is 2.57. The van der Waals surface area contributed by atoms with Crippen LogP contribution in [0.1, 0.15) is 11.6 Å². The minimum absolute atomic E-state index is 0.0464. The second-order valence-electron chi connectivity index (χ2n) is 3.62. The smallest absolute Gasteiger partial charge is 0.408 e. The fourth-order valence-corrected chi connectivity index (χ4v) is 1.93. The summed E-state index contributed by atoms with van der Waals surface area (Å²) in [7, 11) is 0. The number of rotatable bonds is 1. The first-order valence-corrected chi connectivity index (χ1v) is 5.49. The van der Waals surface area contributed by atoms with Crippen LogP contribution < -0.4 is 5.32 Å². The number of alkyl halides is 2. The molecule has 1 heterocycles. The van der Waals surface area contributed by atoms with Crippen molar-refractivity contribution in [2.75, 3.05) is 6.61 Å². The summed E-state index contributed by atoms with van der Waals surface area (Å²) in [4.78, 5) is 11.0. The van der Waals surface area contributed by atoms with Gasteiger partial charge in [-0.05, 0) is 12.1 Å². The van der Waals surface area contributed by atoms with Crippen LogP contribution >= 0.6 is 15.9 Å². The second-order valence-corrected chi connectivity index (χ2v) is 4.53. The molecule has 2 N–H and O–H groups in total. The van der Waals surface area contributed by atoms with Gasteiger partial charge in [-0.2, -0.15) is 0 Å². The van der Waals surface area contributed by atoms with Crippen LogP contribution in [0, 0.1) is 0 Å². The van der Waals surface area contributed by atoms with Crippen molar-refractivity contribution in [2.45, 2.75) is 12.0 Å². The molecule has 0 aliphatic carbocycles. The predicted molar refractivity (Wildman–Crippen MR) is 58.0 cm³/mol. The SMILES string of the molecule is O=C1N[C@@H](c2ccc(Br)cc2O)C(F)(F)CO1. The maximum Gasteiger partial charge on any atom is 0.408 e. The molecule has 0 spiro atoms. The van der Waals surface area contributed by atoms with E-state index in [-0.39, 0.29) is 11.3 Å². The number of carbonyl (C=O) groups excluding carboxylic acids is 1. The number of benzene rings is 1. The number of phenols is 1. The van der Waals surface area contributed by atoms with Crippen molar-refractivity contribution < 1.29 is 23.4 Å². The highest BCUT2D eigenvalue weighted by molar-refractivity contribution is 9.10. The molecule has 7 heteroatoms. The Kier molecular flexibility index (Phi) is 2.94. The number of halogens is 3. The summed E-state index contributed by atoms with van der Waals surface area (Å²) in [6, 6.07) is 2.53. The normalized spacial score (nSPS) is 22.8.